The highest BCUT2D eigenvalue weighted by atomic mass is 79.9. The van der Waals surface area contributed by atoms with E-state index in [0.29, 0.717) is 0 Å². The Morgan fingerprint density at radius 1 is 1.73 bits per heavy atom. The van der Waals surface area contributed by atoms with Gasteiger partial charge >= 0.3 is 0 Å². The fourth-order valence-electron chi connectivity index (χ4n) is 1.53. The summed E-state index contributed by atoms with van der Waals surface area (Å²) in [6, 6.07) is 0. The van der Waals surface area contributed by atoms with E-state index in [1.807, 2.05) is 0 Å². The Kier molecular flexibility index (Phi) is 3.60. The van der Waals surface area contributed by atoms with Crippen molar-refractivity contribution in [2.75, 3.05) is 25.0 Å². The van der Waals surface area contributed by atoms with Gasteiger partial charge in [0.1, 0.15) is 0 Å². The maximum atomic E-state index is 3.97. The third-order valence-corrected chi connectivity index (χ3v) is 2.94. The summed E-state index contributed by atoms with van der Waals surface area (Å²) in [5.41, 5.74) is 1.29. The number of nitrogens with zero attached hydrogens (tertiary/aromatic N) is 1. The molecule has 0 N–H and O–H groups in total. The van der Waals surface area contributed by atoms with Crippen molar-refractivity contribution >= 4 is 15.9 Å². The maximum Gasteiger partial charge on any atom is 0.0251 e. The number of likely N-dealkylation sites (tertiary alicyclic amines) is 1. The van der Waals surface area contributed by atoms with Crippen LogP contribution >= 0.6 is 15.9 Å². The monoisotopic (exact) mass is 217 g/mol. The van der Waals surface area contributed by atoms with E-state index in [1.165, 1.54) is 25.1 Å². The van der Waals surface area contributed by atoms with Crippen molar-refractivity contribution in [2.24, 2.45) is 5.92 Å². The van der Waals surface area contributed by atoms with E-state index in [4.69, 9.17) is 0 Å². The zero-order valence-electron chi connectivity index (χ0n) is 7.15. The fourth-order valence-corrected chi connectivity index (χ4v) is 1.71. The summed E-state index contributed by atoms with van der Waals surface area (Å²) >= 11 is 3.41. The standard InChI is InChI=1S/C9H16BrN/c1-8-3-4-11(6-8)7-9(2)5-10/h8H,2-7H2,1H3. The van der Waals surface area contributed by atoms with Crippen LogP contribution in [0.4, 0.5) is 0 Å². The molecular weight excluding hydrogens is 202 g/mol. The van der Waals surface area contributed by atoms with Crippen LogP contribution in [0.3, 0.4) is 0 Å². The highest BCUT2D eigenvalue weighted by molar-refractivity contribution is 9.09. The van der Waals surface area contributed by atoms with Gasteiger partial charge in [0.2, 0.25) is 0 Å². The van der Waals surface area contributed by atoms with Crippen molar-refractivity contribution in [3.05, 3.63) is 12.2 Å². The molecule has 2 heteroatoms. The van der Waals surface area contributed by atoms with Gasteiger partial charge in [0.25, 0.3) is 0 Å². The Balaban J connectivity index is 2.23. The van der Waals surface area contributed by atoms with E-state index in [2.05, 4.69) is 34.3 Å². The van der Waals surface area contributed by atoms with Crippen LogP contribution in [-0.4, -0.2) is 29.9 Å². The van der Waals surface area contributed by atoms with E-state index in [1.54, 1.807) is 0 Å². The molecule has 11 heavy (non-hydrogen) atoms. The van der Waals surface area contributed by atoms with E-state index in [9.17, 15) is 0 Å². The second-order valence-electron chi connectivity index (χ2n) is 3.51. The lowest BCUT2D eigenvalue weighted by Gasteiger charge is -2.15. The molecule has 1 atom stereocenters. The molecule has 1 aliphatic rings. The van der Waals surface area contributed by atoms with Crippen LogP contribution in [0.2, 0.25) is 0 Å². The molecule has 0 saturated carbocycles. The lowest BCUT2D eigenvalue weighted by atomic mass is 10.2. The number of rotatable bonds is 3. The lowest BCUT2D eigenvalue weighted by Crippen LogP contribution is -2.22. The predicted molar refractivity (Wildman–Crippen MR) is 53.2 cm³/mol. The first-order chi connectivity index (χ1) is 5.22. The van der Waals surface area contributed by atoms with Gasteiger partial charge in [-0.15, -0.1) is 0 Å². The number of hydrogen-bond acceptors (Lipinski definition) is 1. The molecule has 1 saturated heterocycles. The molecule has 1 rings (SSSR count). The van der Waals surface area contributed by atoms with Gasteiger partial charge in [-0.05, 0) is 18.9 Å². The van der Waals surface area contributed by atoms with Gasteiger partial charge in [-0.3, -0.25) is 4.90 Å². The summed E-state index contributed by atoms with van der Waals surface area (Å²) < 4.78 is 0. The van der Waals surface area contributed by atoms with Gasteiger partial charge in [0.15, 0.2) is 0 Å². The van der Waals surface area contributed by atoms with E-state index in [-0.39, 0.29) is 0 Å². The third-order valence-electron chi connectivity index (χ3n) is 2.14. The molecule has 1 aliphatic heterocycles. The van der Waals surface area contributed by atoms with Crippen LogP contribution in [0.1, 0.15) is 13.3 Å². The summed E-state index contributed by atoms with van der Waals surface area (Å²) in [7, 11) is 0. The fraction of sp³-hybridized carbons (Fsp3) is 0.778. The van der Waals surface area contributed by atoms with Crippen molar-refractivity contribution in [1.82, 2.24) is 4.90 Å². The Hall–Kier alpha value is 0.180. The first-order valence-corrected chi connectivity index (χ1v) is 5.29. The minimum atomic E-state index is 0.887. The Bertz CT molecular complexity index is 144. The average molecular weight is 218 g/mol. The molecule has 0 amide bonds. The number of alkyl halides is 1. The maximum absolute atomic E-state index is 3.97. The van der Waals surface area contributed by atoms with Gasteiger partial charge in [-0.2, -0.15) is 0 Å². The van der Waals surface area contributed by atoms with Crippen molar-refractivity contribution < 1.29 is 0 Å². The molecule has 0 radical (unpaired) electrons. The van der Waals surface area contributed by atoms with E-state index >= 15 is 0 Å². The van der Waals surface area contributed by atoms with Crippen LogP contribution in [0, 0.1) is 5.92 Å². The molecule has 0 aromatic heterocycles. The van der Waals surface area contributed by atoms with Gasteiger partial charge in [0.05, 0.1) is 0 Å². The first kappa shape index (κ1) is 9.27. The molecule has 0 bridgehead atoms. The van der Waals surface area contributed by atoms with Gasteiger partial charge < -0.3 is 0 Å². The minimum absolute atomic E-state index is 0.887. The summed E-state index contributed by atoms with van der Waals surface area (Å²) in [6.07, 6.45) is 1.36. The van der Waals surface area contributed by atoms with Gasteiger partial charge in [0, 0.05) is 18.4 Å². The zero-order chi connectivity index (χ0) is 8.27. The predicted octanol–water partition coefficient (Wildman–Crippen LogP) is 2.28. The SMILES string of the molecule is C=C(CBr)CN1CCC(C)C1. The molecule has 1 unspecified atom stereocenters. The van der Waals surface area contributed by atoms with Crippen LogP contribution in [-0.2, 0) is 0 Å². The minimum Gasteiger partial charge on any atom is -0.299 e. The topological polar surface area (TPSA) is 3.24 Å². The highest BCUT2D eigenvalue weighted by Crippen LogP contribution is 2.15. The van der Waals surface area contributed by atoms with Crippen molar-refractivity contribution in [1.29, 1.82) is 0 Å². The number of hydrogen-bond donors (Lipinski definition) is 0. The van der Waals surface area contributed by atoms with Crippen molar-refractivity contribution in [3.8, 4) is 0 Å². The Labute approximate surface area is 77.6 Å². The van der Waals surface area contributed by atoms with E-state index in [0.717, 1.165) is 17.8 Å². The quantitative estimate of drug-likeness (QED) is 0.519. The second kappa shape index (κ2) is 4.27. The van der Waals surface area contributed by atoms with Crippen LogP contribution in [0.5, 0.6) is 0 Å². The van der Waals surface area contributed by atoms with Crippen molar-refractivity contribution in [3.63, 3.8) is 0 Å². The lowest BCUT2D eigenvalue weighted by molar-refractivity contribution is 0.357. The molecule has 1 nitrogen and oxygen atoms in total. The van der Waals surface area contributed by atoms with Crippen LogP contribution in [0.25, 0.3) is 0 Å². The van der Waals surface area contributed by atoms with E-state index < -0.39 is 0 Å². The highest BCUT2D eigenvalue weighted by Gasteiger charge is 2.18. The van der Waals surface area contributed by atoms with Gasteiger partial charge in [-0.25, -0.2) is 0 Å². The molecular formula is C9H16BrN. The molecule has 1 fully saturated rings. The normalized spacial score (nSPS) is 25.8. The smallest absolute Gasteiger partial charge is 0.0251 e. The molecule has 1 heterocycles. The molecule has 0 spiro atoms. The Morgan fingerprint density at radius 2 is 2.45 bits per heavy atom. The summed E-state index contributed by atoms with van der Waals surface area (Å²) in [6.45, 7) is 9.88. The number of halogens is 1. The summed E-state index contributed by atoms with van der Waals surface area (Å²) in [5.74, 6) is 0.887. The molecule has 64 valence electrons. The molecule has 0 aromatic carbocycles. The largest absolute Gasteiger partial charge is 0.299 e. The van der Waals surface area contributed by atoms with Gasteiger partial charge in [-0.1, -0.05) is 35.0 Å². The second-order valence-corrected chi connectivity index (χ2v) is 4.07. The molecule has 0 aliphatic carbocycles. The zero-order valence-corrected chi connectivity index (χ0v) is 8.73. The van der Waals surface area contributed by atoms with Crippen molar-refractivity contribution in [2.45, 2.75) is 13.3 Å². The summed E-state index contributed by atoms with van der Waals surface area (Å²) in [4.78, 5) is 2.48. The van der Waals surface area contributed by atoms with Crippen LogP contribution < -0.4 is 0 Å². The summed E-state index contributed by atoms with van der Waals surface area (Å²) in [5, 5.41) is 0.942. The third kappa shape index (κ3) is 2.96. The van der Waals surface area contributed by atoms with Crippen LogP contribution in [0.15, 0.2) is 12.2 Å². The Morgan fingerprint density at radius 3 is 2.91 bits per heavy atom. The first-order valence-electron chi connectivity index (χ1n) is 4.17. The molecule has 0 aromatic rings. The average Bonchev–Trinajstić information content (AvgIpc) is 2.35.